The van der Waals surface area contributed by atoms with Crippen LogP contribution in [0.5, 0.6) is 0 Å². The molecule has 2 aromatic carbocycles. The number of halogens is 3. The molecule has 196 valence electrons. The minimum atomic E-state index is -5.03. The molecule has 0 radical (unpaired) electrons. The van der Waals surface area contributed by atoms with E-state index in [2.05, 4.69) is 29.9 Å². The molecule has 3 heterocycles. The van der Waals surface area contributed by atoms with E-state index in [1.165, 1.54) is 42.5 Å². The number of phosphoric ester groups is 1. The largest absolute Gasteiger partial charge is 0.471 e. The zero-order valence-electron chi connectivity index (χ0n) is 18.7. The number of anilines is 1. The lowest BCUT2D eigenvalue weighted by Crippen LogP contribution is -2.22. The monoisotopic (exact) mass is 550 g/mol. The van der Waals surface area contributed by atoms with Gasteiger partial charge >= 0.3 is 14.0 Å². The maximum absolute atomic E-state index is 14.2. The molecule has 13 nitrogen and oxygen atoms in total. The van der Waals surface area contributed by atoms with Crippen LogP contribution in [-0.4, -0.2) is 40.4 Å². The minimum absolute atomic E-state index is 0.0365. The van der Waals surface area contributed by atoms with E-state index in [1.807, 2.05) is 0 Å². The summed E-state index contributed by atoms with van der Waals surface area (Å²) in [7, 11) is -4.88. The van der Waals surface area contributed by atoms with E-state index in [9.17, 15) is 27.3 Å². The van der Waals surface area contributed by atoms with Crippen molar-refractivity contribution in [1.82, 2.24) is 24.7 Å². The molecule has 5 aromatic rings. The van der Waals surface area contributed by atoms with E-state index < -0.39 is 43.5 Å². The summed E-state index contributed by atoms with van der Waals surface area (Å²) < 4.78 is 63.9. The molecule has 0 unspecified atom stereocenters. The van der Waals surface area contributed by atoms with Crippen LogP contribution in [0.4, 0.5) is 18.9 Å². The van der Waals surface area contributed by atoms with E-state index in [1.54, 1.807) is 0 Å². The van der Waals surface area contributed by atoms with Crippen molar-refractivity contribution in [2.75, 3.05) is 5.32 Å². The topological polar surface area (TPSA) is 175 Å². The van der Waals surface area contributed by atoms with E-state index >= 15 is 0 Å². The van der Waals surface area contributed by atoms with Crippen LogP contribution < -0.4 is 10.9 Å². The van der Waals surface area contributed by atoms with Crippen molar-refractivity contribution < 1.29 is 41.5 Å². The summed E-state index contributed by atoms with van der Waals surface area (Å²) in [6.45, 7) is -0.792. The Labute approximate surface area is 208 Å². The number of carbonyl (C=O) groups is 1. The Hall–Kier alpha value is -4.37. The van der Waals surface area contributed by atoms with Gasteiger partial charge in [-0.1, -0.05) is 6.07 Å². The van der Waals surface area contributed by atoms with Gasteiger partial charge in [0.15, 0.2) is 5.69 Å². The van der Waals surface area contributed by atoms with E-state index in [0.29, 0.717) is 10.2 Å². The van der Waals surface area contributed by atoms with Gasteiger partial charge in [0.1, 0.15) is 17.8 Å². The summed E-state index contributed by atoms with van der Waals surface area (Å²) in [6, 6.07) is 9.39. The number of nitrogens with one attached hydrogen (secondary N) is 1. The van der Waals surface area contributed by atoms with Gasteiger partial charge in [-0.2, -0.15) is 18.3 Å². The second-order valence-electron chi connectivity index (χ2n) is 7.82. The molecule has 1 amide bonds. The van der Waals surface area contributed by atoms with Crippen LogP contribution in [0.1, 0.15) is 16.1 Å². The standard InChI is InChI=1S/C21H14F3N6O7P/c22-21(23,24)18-14(19(31)26-11-4-5-15-16(8-11)28-37-27-15)9-25-30(18)17-3-1-2-13-12(17)6-7-29(20(13)32)10-36-38(33,34)35/h1-9H,10H2,(H,26,31)(H2,33,34,35). The second kappa shape index (κ2) is 9.18. The Morgan fingerprint density at radius 2 is 1.87 bits per heavy atom. The molecule has 0 bridgehead atoms. The first kappa shape index (κ1) is 25.3. The highest BCUT2D eigenvalue weighted by Crippen LogP contribution is 2.37. The van der Waals surface area contributed by atoms with Crippen LogP contribution >= 0.6 is 7.82 Å². The van der Waals surface area contributed by atoms with Gasteiger partial charge in [-0.25, -0.2) is 13.9 Å². The first-order chi connectivity index (χ1) is 17.9. The van der Waals surface area contributed by atoms with Gasteiger partial charge in [0.2, 0.25) is 0 Å². The Morgan fingerprint density at radius 1 is 1.11 bits per heavy atom. The number of benzene rings is 2. The van der Waals surface area contributed by atoms with Gasteiger partial charge in [-0.05, 0) is 46.7 Å². The Bertz CT molecular complexity index is 1810. The highest BCUT2D eigenvalue weighted by Gasteiger charge is 2.41. The predicted octanol–water partition coefficient (Wildman–Crippen LogP) is 3.06. The number of alkyl halides is 3. The smallest absolute Gasteiger partial charge is 0.322 e. The fourth-order valence-corrected chi connectivity index (χ4v) is 4.03. The molecular formula is C21H14F3N6O7P. The number of fused-ring (bicyclic) bond motifs is 2. The minimum Gasteiger partial charge on any atom is -0.322 e. The number of amides is 1. The van der Waals surface area contributed by atoms with Crippen molar-refractivity contribution in [1.29, 1.82) is 0 Å². The van der Waals surface area contributed by atoms with Crippen molar-refractivity contribution >= 4 is 41.2 Å². The summed E-state index contributed by atoms with van der Waals surface area (Å²) in [5.74, 6) is -1.10. The lowest BCUT2D eigenvalue weighted by molar-refractivity contribution is -0.143. The summed E-state index contributed by atoms with van der Waals surface area (Å²) in [5, 5.41) is 13.3. The molecule has 0 saturated heterocycles. The number of hydrogen-bond donors (Lipinski definition) is 3. The van der Waals surface area contributed by atoms with E-state index in [4.69, 9.17) is 9.79 Å². The zero-order chi connectivity index (χ0) is 27.2. The van der Waals surface area contributed by atoms with E-state index in [0.717, 1.165) is 17.0 Å². The number of pyridine rings is 1. The summed E-state index contributed by atoms with van der Waals surface area (Å²) in [4.78, 5) is 43.4. The Morgan fingerprint density at radius 3 is 2.61 bits per heavy atom. The van der Waals surface area contributed by atoms with Crippen LogP contribution in [-0.2, 0) is 22.0 Å². The first-order valence-corrected chi connectivity index (χ1v) is 12.0. The van der Waals surface area contributed by atoms with Crippen molar-refractivity contribution in [3.63, 3.8) is 0 Å². The number of rotatable bonds is 6. The van der Waals surface area contributed by atoms with Crippen molar-refractivity contribution in [3.05, 3.63) is 76.5 Å². The van der Waals surface area contributed by atoms with Gasteiger partial charge in [-0.3, -0.25) is 18.7 Å². The van der Waals surface area contributed by atoms with Crippen LogP contribution in [0.2, 0.25) is 0 Å². The number of hydrogen-bond acceptors (Lipinski definition) is 8. The van der Waals surface area contributed by atoms with Gasteiger partial charge in [0, 0.05) is 22.7 Å². The molecule has 3 N–H and O–H groups in total. The zero-order valence-corrected chi connectivity index (χ0v) is 19.6. The number of nitrogens with zero attached hydrogens (tertiary/aromatic N) is 5. The quantitative estimate of drug-likeness (QED) is 0.267. The molecule has 5 rings (SSSR count). The summed E-state index contributed by atoms with van der Waals surface area (Å²) >= 11 is 0. The third-order valence-electron chi connectivity index (χ3n) is 5.38. The van der Waals surface area contributed by atoms with Gasteiger partial charge < -0.3 is 15.1 Å². The summed E-state index contributed by atoms with van der Waals surface area (Å²) in [5.41, 5.74) is -2.31. The average molecular weight is 550 g/mol. The van der Waals surface area contributed by atoms with Gasteiger partial charge in [0.25, 0.3) is 11.5 Å². The molecule has 38 heavy (non-hydrogen) atoms. The molecule has 0 saturated carbocycles. The molecule has 3 aromatic heterocycles. The maximum Gasteiger partial charge on any atom is 0.471 e. The molecule has 0 aliphatic carbocycles. The van der Waals surface area contributed by atoms with Crippen molar-refractivity contribution in [2.24, 2.45) is 0 Å². The fourth-order valence-electron chi connectivity index (χ4n) is 3.75. The predicted molar refractivity (Wildman–Crippen MR) is 123 cm³/mol. The number of phosphoric acid groups is 1. The SMILES string of the molecule is O=C(Nc1ccc2nonc2c1)c1cnn(-c2cccc3c(=O)n(COP(=O)(O)O)ccc23)c1C(F)(F)F. The van der Waals surface area contributed by atoms with Crippen LogP contribution in [0.25, 0.3) is 27.5 Å². The average Bonchev–Trinajstić information content (AvgIpc) is 3.50. The lowest BCUT2D eigenvalue weighted by Gasteiger charge is -2.15. The molecule has 17 heteroatoms. The fraction of sp³-hybridized carbons (Fsp3) is 0.0952. The maximum atomic E-state index is 14.2. The Kier molecular flexibility index (Phi) is 6.11. The molecule has 0 atom stereocenters. The number of carbonyl (C=O) groups excluding carboxylic acids is 1. The molecule has 0 aliphatic heterocycles. The van der Waals surface area contributed by atoms with Crippen LogP contribution in [0.15, 0.2) is 64.3 Å². The molecule has 0 fully saturated rings. The second-order valence-corrected chi connectivity index (χ2v) is 9.06. The number of aromatic nitrogens is 5. The van der Waals surface area contributed by atoms with Gasteiger partial charge in [0.05, 0.1) is 17.4 Å². The van der Waals surface area contributed by atoms with Crippen LogP contribution in [0, 0.1) is 0 Å². The van der Waals surface area contributed by atoms with Gasteiger partial charge in [-0.15, -0.1) is 0 Å². The molecular weight excluding hydrogens is 536 g/mol. The highest BCUT2D eigenvalue weighted by atomic mass is 31.2. The highest BCUT2D eigenvalue weighted by molar-refractivity contribution is 7.46. The first-order valence-electron chi connectivity index (χ1n) is 10.4. The molecule has 0 spiro atoms. The summed E-state index contributed by atoms with van der Waals surface area (Å²) in [6.07, 6.45) is -3.18. The van der Waals surface area contributed by atoms with E-state index in [-0.39, 0.29) is 27.7 Å². The van der Waals surface area contributed by atoms with Crippen molar-refractivity contribution in [2.45, 2.75) is 12.9 Å². The Balaban J connectivity index is 1.56. The lowest BCUT2D eigenvalue weighted by atomic mass is 10.1. The van der Waals surface area contributed by atoms with Crippen molar-refractivity contribution in [3.8, 4) is 5.69 Å². The molecule has 0 aliphatic rings. The normalized spacial score (nSPS) is 12.3. The third-order valence-corrected chi connectivity index (χ3v) is 5.83. The third kappa shape index (κ3) is 4.80. The van der Waals surface area contributed by atoms with Crippen LogP contribution in [0.3, 0.4) is 0 Å².